The lowest BCUT2D eigenvalue weighted by Crippen LogP contribution is -2.46. The number of aromatic nitrogens is 2. The van der Waals surface area contributed by atoms with E-state index in [1.54, 1.807) is 23.0 Å². The summed E-state index contributed by atoms with van der Waals surface area (Å²) in [6.07, 6.45) is 3.12. The largest absolute Gasteiger partial charge is 0.349 e. The molecule has 0 spiro atoms. The molecule has 1 aliphatic heterocycles. The highest BCUT2D eigenvalue weighted by Gasteiger charge is 2.27. The van der Waals surface area contributed by atoms with E-state index < -0.39 is 0 Å². The molecule has 1 aromatic heterocycles. The number of carbonyl (C=O) groups is 2. The molecule has 0 aliphatic carbocycles. The summed E-state index contributed by atoms with van der Waals surface area (Å²) in [4.78, 5) is 27.2. The zero-order chi connectivity index (χ0) is 21.1. The summed E-state index contributed by atoms with van der Waals surface area (Å²) in [6, 6.07) is 17.1. The van der Waals surface area contributed by atoms with E-state index in [4.69, 9.17) is 0 Å². The smallest absolute Gasteiger partial charge is 0.257 e. The maximum absolute atomic E-state index is 13.0. The topological polar surface area (TPSA) is 67.2 Å². The second-order valence-electron chi connectivity index (χ2n) is 7.44. The van der Waals surface area contributed by atoms with Gasteiger partial charge in [-0.15, -0.1) is 0 Å². The van der Waals surface area contributed by atoms with Gasteiger partial charge < -0.3 is 10.2 Å². The van der Waals surface area contributed by atoms with Gasteiger partial charge in [0, 0.05) is 29.2 Å². The summed E-state index contributed by atoms with van der Waals surface area (Å²) in [5.74, 6) is -0.0734. The van der Waals surface area contributed by atoms with Crippen molar-refractivity contribution in [1.29, 1.82) is 0 Å². The number of hydrogen-bond donors (Lipinski definition) is 1. The third-order valence-electron chi connectivity index (χ3n) is 5.46. The quantitative estimate of drug-likeness (QED) is 0.632. The SMILES string of the molecule is Cc1c(C(=O)N2CCC(NC(=O)c3ccccc3)CC2)cnn1-c1ccc(Br)cc1. The van der Waals surface area contributed by atoms with E-state index in [9.17, 15) is 9.59 Å². The van der Waals surface area contributed by atoms with Crippen molar-refractivity contribution in [2.24, 2.45) is 0 Å². The van der Waals surface area contributed by atoms with Gasteiger partial charge in [-0.2, -0.15) is 5.10 Å². The van der Waals surface area contributed by atoms with Gasteiger partial charge in [-0.25, -0.2) is 4.68 Å². The van der Waals surface area contributed by atoms with Crippen molar-refractivity contribution < 1.29 is 9.59 Å². The minimum absolute atomic E-state index is 0.0105. The first-order valence-corrected chi connectivity index (χ1v) is 10.8. The van der Waals surface area contributed by atoms with Crippen molar-refractivity contribution >= 4 is 27.7 Å². The molecule has 1 aliphatic rings. The van der Waals surface area contributed by atoms with Crippen LogP contribution in [0, 0.1) is 6.92 Å². The second-order valence-corrected chi connectivity index (χ2v) is 8.35. The summed E-state index contributed by atoms with van der Waals surface area (Å²) < 4.78 is 2.78. The third-order valence-corrected chi connectivity index (χ3v) is 5.99. The fraction of sp³-hybridized carbons (Fsp3) is 0.261. The summed E-state index contributed by atoms with van der Waals surface area (Å²) in [6.45, 7) is 3.14. The van der Waals surface area contributed by atoms with Crippen molar-refractivity contribution in [3.63, 3.8) is 0 Å². The minimum atomic E-state index is -0.0630. The molecule has 2 heterocycles. The van der Waals surface area contributed by atoms with Gasteiger partial charge in [0.05, 0.1) is 23.1 Å². The molecule has 0 bridgehead atoms. The molecule has 0 unspecified atom stereocenters. The molecule has 30 heavy (non-hydrogen) atoms. The predicted octanol–water partition coefficient (Wildman–Crippen LogP) is 3.98. The number of carbonyl (C=O) groups excluding carboxylic acids is 2. The van der Waals surface area contributed by atoms with Crippen LogP contribution >= 0.6 is 15.9 Å². The van der Waals surface area contributed by atoms with Gasteiger partial charge in [0.1, 0.15) is 0 Å². The average Bonchev–Trinajstić information content (AvgIpc) is 3.16. The number of benzene rings is 2. The molecular weight excluding hydrogens is 444 g/mol. The fourth-order valence-electron chi connectivity index (χ4n) is 3.72. The number of piperidine rings is 1. The van der Waals surface area contributed by atoms with Crippen molar-refractivity contribution in [3.8, 4) is 5.69 Å². The predicted molar refractivity (Wildman–Crippen MR) is 119 cm³/mol. The lowest BCUT2D eigenvalue weighted by atomic mass is 10.0. The maximum Gasteiger partial charge on any atom is 0.257 e. The molecule has 1 fully saturated rings. The Bertz CT molecular complexity index is 1040. The number of likely N-dealkylation sites (tertiary alicyclic amines) is 1. The van der Waals surface area contributed by atoms with Crippen molar-refractivity contribution in [3.05, 3.63) is 82.1 Å². The average molecular weight is 467 g/mol. The molecule has 2 aromatic carbocycles. The van der Waals surface area contributed by atoms with E-state index in [-0.39, 0.29) is 17.9 Å². The third kappa shape index (κ3) is 4.31. The van der Waals surface area contributed by atoms with E-state index >= 15 is 0 Å². The molecule has 2 amide bonds. The van der Waals surface area contributed by atoms with Crippen molar-refractivity contribution in [2.75, 3.05) is 13.1 Å². The number of nitrogens with one attached hydrogen (secondary N) is 1. The highest BCUT2D eigenvalue weighted by atomic mass is 79.9. The molecule has 0 radical (unpaired) electrons. The zero-order valence-electron chi connectivity index (χ0n) is 16.7. The van der Waals surface area contributed by atoms with Crippen LogP contribution in [0.4, 0.5) is 0 Å². The van der Waals surface area contributed by atoms with E-state index in [0.717, 1.165) is 28.7 Å². The van der Waals surface area contributed by atoms with Crippen LogP contribution in [-0.4, -0.2) is 45.6 Å². The Hall–Kier alpha value is -2.93. The monoisotopic (exact) mass is 466 g/mol. The molecule has 3 aromatic rings. The highest BCUT2D eigenvalue weighted by molar-refractivity contribution is 9.10. The number of hydrogen-bond acceptors (Lipinski definition) is 3. The Morgan fingerprint density at radius 3 is 2.37 bits per heavy atom. The Morgan fingerprint density at radius 1 is 1.03 bits per heavy atom. The van der Waals surface area contributed by atoms with Gasteiger partial charge in [0.25, 0.3) is 11.8 Å². The molecule has 154 valence electrons. The molecule has 1 saturated heterocycles. The van der Waals surface area contributed by atoms with E-state index in [2.05, 4.69) is 26.3 Å². The van der Waals surface area contributed by atoms with Crippen LogP contribution < -0.4 is 5.32 Å². The Labute approximate surface area is 184 Å². The number of amides is 2. The maximum atomic E-state index is 13.0. The molecular formula is C23H23BrN4O2. The van der Waals surface area contributed by atoms with Gasteiger partial charge in [-0.05, 0) is 56.2 Å². The van der Waals surface area contributed by atoms with Crippen LogP contribution in [-0.2, 0) is 0 Å². The second kappa shape index (κ2) is 8.83. The van der Waals surface area contributed by atoms with Gasteiger partial charge >= 0.3 is 0 Å². The van der Waals surface area contributed by atoms with Crippen LogP contribution in [0.3, 0.4) is 0 Å². The summed E-state index contributed by atoms with van der Waals surface area (Å²) in [5, 5.41) is 7.50. The molecule has 7 heteroatoms. The molecule has 4 rings (SSSR count). The van der Waals surface area contributed by atoms with Crippen LogP contribution in [0.25, 0.3) is 5.69 Å². The first kappa shape index (κ1) is 20.3. The van der Waals surface area contributed by atoms with E-state index in [0.29, 0.717) is 24.2 Å². The Morgan fingerprint density at radius 2 is 1.70 bits per heavy atom. The lowest BCUT2D eigenvalue weighted by molar-refractivity contribution is 0.0697. The standard InChI is InChI=1S/C23H23BrN4O2/c1-16-21(15-25-28(16)20-9-7-18(24)8-10-20)23(30)27-13-11-19(12-14-27)26-22(29)17-5-3-2-4-6-17/h2-10,15,19H,11-14H2,1H3,(H,26,29). The van der Waals surface area contributed by atoms with Gasteiger partial charge in [0.2, 0.25) is 0 Å². The molecule has 0 saturated carbocycles. The lowest BCUT2D eigenvalue weighted by Gasteiger charge is -2.32. The molecule has 1 N–H and O–H groups in total. The van der Waals surface area contributed by atoms with Crippen LogP contribution in [0.2, 0.25) is 0 Å². The minimum Gasteiger partial charge on any atom is -0.349 e. The normalized spacial score (nSPS) is 14.5. The number of rotatable bonds is 4. The number of nitrogens with zero attached hydrogens (tertiary/aromatic N) is 3. The van der Waals surface area contributed by atoms with Crippen LogP contribution in [0.5, 0.6) is 0 Å². The van der Waals surface area contributed by atoms with Gasteiger partial charge in [0.15, 0.2) is 0 Å². The van der Waals surface area contributed by atoms with Gasteiger partial charge in [-0.3, -0.25) is 9.59 Å². The van der Waals surface area contributed by atoms with Crippen LogP contribution in [0.1, 0.15) is 39.3 Å². The summed E-state index contributed by atoms with van der Waals surface area (Å²) in [7, 11) is 0. The highest BCUT2D eigenvalue weighted by Crippen LogP contribution is 2.20. The van der Waals surface area contributed by atoms with Crippen LogP contribution in [0.15, 0.2) is 65.3 Å². The molecule has 6 nitrogen and oxygen atoms in total. The van der Waals surface area contributed by atoms with Crippen molar-refractivity contribution in [1.82, 2.24) is 20.0 Å². The van der Waals surface area contributed by atoms with E-state index in [1.165, 1.54) is 0 Å². The first-order valence-electron chi connectivity index (χ1n) is 9.98. The van der Waals surface area contributed by atoms with E-state index in [1.807, 2.05) is 54.3 Å². The Kier molecular flexibility index (Phi) is 5.99. The molecule has 0 atom stereocenters. The van der Waals surface area contributed by atoms with Crippen molar-refractivity contribution in [2.45, 2.75) is 25.8 Å². The zero-order valence-corrected chi connectivity index (χ0v) is 18.3. The number of halogens is 1. The summed E-state index contributed by atoms with van der Waals surface area (Å²) in [5.41, 5.74) is 3.01. The Balaban J connectivity index is 1.38. The van der Waals surface area contributed by atoms with Gasteiger partial charge in [-0.1, -0.05) is 34.1 Å². The summed E-state index contributed by atoms with van der Waals surface area (Å²) >= 11 is 3.43. The fourth-order valence-corrected chi connectivity index (χ4v) is 3.98. The first-order chi connectivity index (χ1) is 14.5.